The number of methoxy groups -OCH3 is 2. The molecule has 1 rings (SSSR count). The summed E-state index contributed by atoms with van der Waals surface area (Å²) >= 11 is 2.10. The summed E-state index contributed by atoms with van der Waals surface area (Å²) in [5.41, 5.74) is 6.51. The lowest BCUT2D eigenvalue weighted by Gasteiger charge is -2.07. The molecule has 0 saturated carbocycles. The molecule has 1 aromatic rings. The molecule has 1 heterocycles. The summed E-state index contributed by atoms with van der Waals surface area (Å²) in [5.74, 6) is 1.05. The molecule has 0 amide bonds. The number of hydrogen-bond donors (Lipinski definition) is 1. The molecule has 0 unspecified atom stereocenters. The summed E-state index contributed by atoms with van der Waals surface area (Å²) in [6.07, 6.45) is 0. The molecule has 2 N–H and O–H groups in total. The van der Waals surface area contributed by atoms with E-state index in [4.69, 9.17) is 15.2 Å². The van der Waals surface area contributed by atoms with Gasteiger partial charge in [0.15, 0.2) is 5.82 Å². The topological polar surface area (TPSA) is 70.3 Å². The summed E-state index contributed by atoms with van der Waals surface area (Å²) in [7, 11) is 3.21. The summed E-state index contributed by atoms with van der Waals surface area (Å²) in [6, 6.07) is 0. The first-order valence-corrected chi connectivity index (χ1v) is 5.05. The Morgan fingerprint density at radius 2 is 1.86 bits per heavy atom. The van der Waals surface area contributed by atoms with Crippen LogP contribution in [0, 0.1) is 3.57 Å². The van der Waals surface area contributed by atoms with Gasteiger partial charge in [-0.15, -0.1) is 0 Å². The van der Waals surface area contributed by atoms with Crippen LogP contribution < -0.4 is 5.73 Å². The van der Waals surface area contributed by atoms with Crippen LogP contribution in [0.4, 0.5) is 5.82 Å². The molecule has 78 valence electrons. The zero-order chi connectivity index (χ0) is 10.6. The van der Waals surface area contributed by atoms with E-state index in [0.717, 1.165) is 9.26 Å². The third kappa shape index (κ3) is 2.76. The van der Waals surface area contributed by atoms with Crippen LogP contribution >= 0.6 is 22.6 Å². The van der Waals surface area contributed by atoms with Gasteiger partial charge in [0.05, 0.1) is 15.9 Å². The second-order valence-corrected chi connectivity index (χ2v) is 3.73. The molecule has 0 radical (unpaired) electrons. The van der Waals surface area contributed by atoms with E-state index in [1.165, 1.54) is 0 Å². The molecule has 1 aromatic heterocycles. The SMILES string of the molecule is COCc1nc(N)c(I)c(COC)n1. The largest absolute Gasteiger partial charge is 0.383 e. The maximum absolute atomic E-state index is 5.71. The Kier molecular flexibility index (Phi) is 4.49. The van der Waals surface area contributed by atoms with Crippen LogP contribution in [-0.2, 0) is 22.7 Å². The van der Waals surface area contributed by atoms with Crippen molar-refractivity contribution in [2.45, 2.75) is 13.2 Å². The zero-order valence-electron chi connectivity index (χ0n) is 8.08. The molecule has 0 atom stereocenters. The van der Waals surface area contributed by atoms with E-state index in [2.05, 4.69) is 32.6 Å². The molecule has 0 fully saturated rings. The molecule has 0 bridgehead atoms. The van der Waals surface area contributed by atoms with Gasteiger partial charge in [0.1, 0.15) is 12.4 Å². The lowest BCUT2D eigenvalue weighted by molar-refractivity contribution is 0.170. The van der Waals surface area contributed by atoms with E-state index in [9.17, 15) is 0 Å². The van der Waals surface area contributed by atoms with Crippen LogP contribution in [-0.4, -0.2) is 24.2 Å². The Morgan fingerprint density at radius 1 is 1.21 bits per heavy atom. The summed E-state index contributed by atoms with van der Waals surface area (Å²) in [5, 5.41) is 0. The average molecular weight is 309 g/mol. The van der Waals surface area contributed by atoms with Gasteiger partial charge in [0.2, 0.25) is 0 Å². The van der Waals surface area contributed by atoms with Crippen molar-refractivity contribution in [2.75, 3.05) is 20.0 Å². The normalized spacial score (nSPS) is 10.5. The number of nitrogens with two attached hydrogens (primary N) is 1. The van der Waals surface area contributed by atoms with Crippen molar-refractivity contribution in [3.63, 3.8) is 0 Å². The summed E-state index contributed by atoms with van der Waals surface area (Å²) < 4.78 is 10.8. The third-order valence-electron chi connectivity index (χ3n) is 1.55. The Balaban J connectivity index is 3.01. The van der Waals surface area contributed by atoms with Gasteiger partial charge in [-0.1, -0.05) is 0 Å². The molecule has 14 heavy (non-hydrogen) atoms. The summed E-state index contributed by atoms with van der Waals surface area (Å²) in [6.45, 7) is 0.791. The molecule has 0 spiro atoms. The van der Waals surface area contributed by atoms with Gasteiger partial charge >= 0.3 is 0 Å². The summed E-state index contributed by atoms with van der Waals surface area (Å²) in [4.78, 5) is 8.35. The quantitative estimate of drug-likeness (QED) is 0.839. The molecule has 0 aliphatic carbocycles. The number of anilines is 1. The standard InChI is InChI=1S/C8H12IN3O2/c1-13-3-5-7(9)8(10)12-6(11-5)4-14-2/h3-4H2,1-2H3,(H2,10,11,12). The van der Waals surface area contributed by atoms with E-state index in [-0.39, 0.29) is 0 Å². The van der Waals surface area contributed by atoms with Gasteiger partial charge in [-0.2, -0.15) is 0 Å². The molecule has 0 aliphatic heterocycles. The van der Waals surface area contributed by atoms with Crippen molar-refractivity contribution >= 4 is 28.4 Å². The number of nitrogens with zero attached hydrogens (tertiary/aromatic N) is 2. The zero-order valence-corrected chi connectivity index (χ0v) is 10.2. The van der Waals surface area contributed by atoms with Crippen molar-refractivity contribution in [3.05, 3.63) is 15.1 Å². The molecule has 0 aromatic carbocycles. The molecule has 6 heteroatoms. The van der Waals surface area contributed by atoms with E-state index >= 15 is 0 Å². The Hall–Kier alpha value is -0.470. The van der Waals surface area contributed by atoms with Crippen LogP contribution in [0.1, 0.15) is 11.5 Å². The van der Waals surface area contributed by atoms with Crippen LogP contribution in [0.25, 0.3) is 0 Å². The maximum atomic E-state index is 5.71. The average Bonchev–Trinajstić information content (AvgIpc) is 2.14. The first-order valence-electron chi connectivity index (χ1n) is 3.97. The number of aromatic nitrogens is 2. The molecule has 5 nitrogen and oxygen atoms in total. The second kappa shape index (κ2) is 5.42. The van der Waals surface area contributed by atoms with E-state index in [0.29, 0.717) is 24.9 Å². The monoisotopic (exact) mass is 309 g/mol. The van der Waals surface area contributed by atoms with Gasteiger partial charge in [-0.3, -0.25) is 0 Å². The predicted octanol–water partition coefficient (Wildman–Crippen LogP) is 0.956. The van der Waals surface area contributed by atoms with Crippen molar-refractivity contribution < 1.29 is 9.47 Å². The van der Waals surface area contributed by atoms with Crippen molar-refractivity contribution in [1.29, 1.82) is 0 Å². The van der Waals surface area contributed by atoms with E-state index < -0.39 is 0 Å². The Morgan fingerprint density at radius 3 is 2.43 bits per heavy atom. The van der Waals surface area contributed by atoms with Gasteiger partial charge in [-0.25, -0.2) is 9.97 Å². The third-order valence-corrected chi connectivity index (χ3v) is 2.72. The van der Waals surface area contributed by atoms with Gasteiger partial charge in [-0.05, 0) is 22.6 Å². The van der Waals surface area contributed by atoms with Crippen LogP contribution in [0.3, 0.4) is 0 Å². The number of nitrogen functional groups attached to an aromatic ring is 1. The molecule has 0 aliphatic rings. The maximum Gasteiger partial charge on any atom is 0.156 e. The number of rotatable bonds is 4. The minimum absolute atomic E-state index is 0.359. The first kappa shape index (κ1) is 11.6. The minimum atomic E-state index is 0.359. The number of hydrogen-bond acceptors (Lipinski definition) is 5. The highest BCUT2D eigenvalue weighted by Gasteiger charge is 2.09. The van der Waals surface area contributed by atoms with Crippen LogP contribution in [0.15, 0.2) is 0 Å². The highest BCUT2D eigenvalue weighted by atomic mass is 127. The Bertz CT molecular complexity index is 320. The molecular formula is C8H12IN3O2. The van der Waals surface area contributed by atoms with Crippen molar-refractivity contribution in [3.8, 4) is 0 Å². The Labute approximate surface area is 96.2 Å². The van der Waals surface area contributed by atoms with Crippen molar-refractivity contribution in [1.82, 2.24) is 9.97 Å². The van der Waals surface area contributed by atoms with E-state index in [1.54, 1.807) is 14.2 Å². The van der Waals surface area contributed by atoms with Crippen molar-refractivity contribution in [2.24, 2.45) is 0 Å². The number of halogens is 1. The molecule has 0 saturated heterocycles. The first-order chi connectivity index (χ1) is 6.69. The number of ether oxygens (including phenoxy) is 2. The highest BCUT2D eigenvalue weighted by molar-refractivity contribution is 14.1. The fraction of sp³-hybridized carbons (Fsp3) is 0.500. The van der Waals surface area contributed by atoms with Crippen LogP contribution in [0.2, 0.25) is 0 Å². The second-order valence-electron chi connectivity index (χ2n) is 2.65. The lowest BCUT2D eigenvalue weighted by Crippen LogP contribution is -2.08. The minimum Gasteiger partial charge on any atom is -0.383 e. The lowest BCUT2D eigenvalue weighted by atomic mass is 10.4. The van der Waals surface area contributed by atoms with E-state index in [1.807, 2.05) is 0 Å². The van der Waals surface area contributed by atoms with Gasteiger partial charge < -0.3 is 15.2 Å². The van der Waals surface area contributed by atoms with Gasteiger partial charge in [0, 0.05) is 14.2 Å². The van der Waals surface area contributed by atoms with Crippen LogP contribution in [0.5, 0.6) is 0 Å². The van der Waals surface area contributed by atoms with Gasteiger partial charge in [0.25, 0.3) is 0 Å². The highest BCUT2D eigenvalue weighted by Crippen LogP contribution is 2.17. The smallest absolute Gasteiger partial charge is 0.156 e. The predicted molar refractivity (Wildman–Crippen MR) is 60.6 cm³/mol. The fourth-order valence-electron chi connectivity index (χ4n) is 0.992. The molecular weight excluding hydrogens is 297 g/mol. The fourth-order valence-corrected chi connectivity index (χ4v) is 1.39.